The van der Waals surface area contributed by atoms with Crippen LogP contribution in [0, 0.1) is 0 Å². The Balaban J connectivity index is 1.76. The van der Waals surface area contributed by atoms with Crippen LogP contribution in [0.3, 0.4) is 0 Å². The first-order valence-corrected chi connectivity index (χ1v) is 6.62. The Labute approximate surface area is 130 Å². The number of nitrogens with one attached hydrogen (secondary N) is 2. The van der Waals surface area contributed by atoms with E-state index in [-0.39, 0.29) is 11.5 Å². The summed E-state index contributed by atoms with van der Waals surface area (Å²) in [4.78, 5) is 23.1. The molecule has 3 N–H and O–H groups in total. The number of aromatic carboxylic acids is 1. The lowest BCUT2D eigenvalue weighted by Gasteiger charge is -2.06. The lowest BCUT2D eigenvalue weighted by molar-refractivity contribution is 0.0696. The highest BCUT2D eigenvalue weighted by Crippen LogP contribution is 2.16. The number of H-pyrrole nitrogens is 1. The molecule has 3 aromatic rings. The molecule has 0 radical (unpaired) electrons. The van der Waals surface area contributed by atoms with Gasteiger partial charge in [-0.15, -0.1) is 10.2 Å². The number of aromatic nitrogens is 4. The van der Waals surface area contributed by atoms with E-state index in [0.29, 0.717) is 17.1 Å². The summed E-state index contributed by atoms with van der Waals surface area (Å²) in [5.74, 6) is -0.955. The van der Waals surface area contributed by atoms with E-state index in [1.54, 1.807) is 36.4 Å². The van der Waals surface area contributed by atoms with Gasteiger partial charge in [0.1, 0.15) is 0 Å². The summed E-state index contributed by atoms with van der Waals surface area (Å²) in [6, 6.07) is 12.7. The molecule has 8 heteroatoms. The van der Waals surface area contributed by atoms with Crippen LogP contribution in [-0.2, 0) is 0 Å². The van der Waals surface area contributed by atoms with Crippen LogP contribution in [0.1, 0.15) is 20.7 Å². The maximum absolute atomic E-state index is 12.2. The van der Waals surface area contributed by atoms with Crippen LogP contribution in [-0.4, -0.2) is 37.6 Å². The first kappa shape index (κ1) is 14.4. The smallest absolute Gasteiger partial charge is 0.335 e. The molecular weight excluding hydrogens is 298 g/mol. The molecular formula is C15H11N5O3. The molecule has 1 aromatic heterocycles. The van der Waals surface area contributed by atoms with Gasteiger partial charge in [-0.05, 0) is 35.5 Å². The van der Waals surface area contributed by atoms with Crippen molar-refractivity contribution in [2.75, 3.05) is 5.32 Å². The summed E-state index contributed by atoms with van der Waals surface area (Å²) < 4.78 is 0. The van der Waals surface area contributed by atoms with Gasteiger partial charge in [0.25, 0.3) is 5.91 Å². The van der Waals surface area contributed by atoms with Gasteiger partial charge in [0.2, 0.25) is 5.82 Å². The molecule has 1 amide bonds. The number of hydrogen-bond acceptors (Lipinski definition) is 5. The van der Waals surface area contributed by atoms with Gasteiger partial charge in [-0.1, -0.05) is 18.2 Å². The second kappa shape index (κ2) is 6.06. The number of anilines is 1. The maximum atomic E-state index is 12.2. The van der Waals surface area contributed by atoms with Crippen molar-refractivity contribution in [3.63, 3.8) is 0 Å². The molecule has 8 nitrogen and oxygen atoms in total. The largest absolute Gasteiger partial charge is 0.478 e. The summed E-state index contributed by atoms with van der Waals surface area (Å²) in [5.41, 5.74) is 1.67. The molecule has 114 valence electrons. The van der Waals surface area contributed by atoms with Gasteiger partial charge in [-0.2, -0.15) is 5.21 Å². The lowest BCUT2D eigenvalue weighted by atomic mass is 10.1. The number of hydrogen-bond donors (Lipinski definition) is 3. The van der Waals surface area contributed by atoms with Crippen molar-refractivity contribution in [1.29, 1.82) is 0 Å². The molecule has 0 spiro atoms. The standard InChI is InChI=1S/C15H11N5O3/c21-14(16-12-3-1-2-11(8-12)15(22)23)10-6-4-9(5-7-10)13-17-19-20-18-13/h1-8H,(H,16,21)(H,22,23)(H,17,18,19,20). The molecule has 0 bridgehead atoms. The van der Waals surface area contributed by atoms with Gasteiger partial charge >= 0.3 is 5.97 Å². The van der Waals surface area contributed by atoms with E-state index in [0.717, 1.165) is 5.56 Å². The van der Waals surface area contributed by atoms with E-state index >= 15 is 0 Å². The quantitative estimate of drug-likeness (QED) is 0.676. The lowest BCUT2D eigenvalue weighted by Crippen LogP contribution is -2.12. The average molecular weight is 309 g/mol. The van der Waals surface area contributed by atoms with Crippen molar-refractivity contribution in [1.82, 2.24) is 20.6 Å². The first-order chi connectivity index (χ1) is 11.1. The Morgan fingerprint density at radius 2 is 1.83 bits per heavy atom. The number of rotatable bonds is 4. The fourth-order valence-electron chi connectivity index (χ4n) is 1.99. The van der Waals surface area contributed by atoms with Crippen molar-refractivity contribution in [3.05, 3.63) is 59.7 Å². The monoisotopic (exact) mass is 309 g/mol. The van der Waals surface area contributed by atoms with Crippen LogP contribution in [0.5, 0.6) is 0 Å². The van der Waals surface area contributed by atoms with E-state index in [1.807, 2.05) is 0 Å². The Morgan fingerprint density at radius 1 is 1.04 bits per heavy atom. The predicted molar refractivity (Wildman–Crippen MR) is 81.0 cm³/mol. The van der Waals surface area contributed by atoms with Crippen LogP contribution >= 0.6 is 0 Å². The van der Waals surface area contributed by atoms with Crippen molar-refractivity contribution in [3.8, 4) is 11.4 Å². The van der Waals surface area contributed by atoms with Gasteiger partial charge in [0, 0.05) is 16.8 Å². The Kier molecular flexibility index (Phi) is 3.79. The summed E-state index contributed by atoms with van der Waals surface area (Å²) in [5, 5.41) is 25.1. The molecule has 23 heavy (non-hydrogen) atoms. The van der Waals surface area contributed by atoms with Crippen molar-refractivity contribution < 1.29 is 14.7 Å². The second-order valence-corrected chi connectivity index (χ2v) is 4.65. The van der Waals surface area contributed by atoms with Crippen molar-refractivity contribution in [2.24, 2.45) is 0 Å². The summed E-state index contributed by atoms with van der Waals surface area (Å²) >= 11 is 0. The highest BCUT2D eigenvalue weighted by atomic mass is 16.4. The third-order valence-electron chi connectivity index (χ3n) is 3.12. The number of benzene rings is 2. The SMILES string of the molecule is O=C(O)c1cccc(NC(=O)c2ccc(-c3nn[nH]n3)cc2)c1. The number of carboxylic acid groups (broad SMARTS) is 1. The van der Waals surface area contributed by atoms with Crippen LogP contribution in [0.4, 0.5) is 5.69 Å². The van der Waals surface area contributed by atoms with Crippen LogP contribution in [0.15, 0.2) is 48.5 Å². The molecule has 2 aromatic carbocycles. The minimum absolute atomic E-state index is 0.107. The van der Waals surface area contributed by atoms with Crippen LogP contribution < -0.4 is 5.32 Å². The average Bonchev–Trinajstić information content (AvgIpc) is 3.09. The Morgan fingerprint density at radius 3 is 2.48 bits per heavy atom. The normalized spacial score (nSPS) is 10.3. The molecule has 0 aliphatic carbocycles. The third-order valence-corrected chi connectivity index (χ3v) is 3.12. The topological polar surface area (TPSA) is 121 Å². The number of carbonyl (C=O) groups excluding carboxylic acids is 1. The highest BCUT2D eigenvalue weighted by molar-refractivity contribution is 6.05. The summed E-state index contributed by atoms with van der Waals surface area (Å²) in [7, 11) is 0. The van der Waals surface area contributed by atoms with Gasteiger partial charge in [0.05, 0.1) is 5.56 Å². The zero-order chi connectivity index (χ0) is 16.2. The fourth-order valence-corrected chi connectivity index (χ4v) is 1.99. The maximum Gasteiger partial charge on any atom is 0.335 e. The number of aromatic amines is 1. The molecule has 0 fully saturated rings. The van der Waals surface area contributed by atoms with Gasteiger partial charge in [-0.3, -0.25) is 4.79 Å². The minimum atomic E-state index is -1.05. The third kappa shape index (κ3) is 3.21. The number of amides is 1. The summed E-state index contributed by atoms with van der Waals surface area (Å²) in [6.07, 6.45) is 0. The zero-order valence-electron chi connectivity index (χ0n) is 11.7. The van der Waals surface area contributed by atoms with Crippen LogP contribution in [0.25, 0.3) is 11.4 Å². The molecule has 0 unspecified atom stereocenters. The summed E-state index contributed by atoms with van der Waals surface area (Å²) in [6.45, 7) is 0. The van der Waals surface area contributed by atoms with Crippen molar-refractivity contribution >= 4 is 17.6 Å². The minimum Gasteiger partial charge on any atom is -0.478 e. The first-order valence-electron chi connectivity index (χ1n) is 6.62. The predicted octanol–water partition coefficient (Wildman–Crippen LogP) is 1.82. The number of nitrogens with zero attached hydrogens (tertiary/aromatic N) is 3. The number of tetrazole rings is 1. The molecule has 0 saturated carbocycles. The van der Waals surface area contributed by atoms with Crippen molar-refractivity contribution in [2.45, 2.75) is 0 Å². The number of carbonyl (C=O) groups is 2. The zero-order valence-corrected chi connectivity index (χ0v) is 11.7. The molecule has 1 heterocycles. The Hall–Kier alpha value is -3.55. The molecule has 0 aliphatic heterocycles. The molecule has 3 rings (SSSR count). The molecule has 0 aliphatic rings. The molecule has 0 atom stereocenters. The van der Waals surface area contributed by atoms with E-state index in [4.69, 9.17) is 5.11 Å². The van der Waals surface area contributed by atoms with Gasteiger partial charge in [-0.25, -0.2) is 4.79 Å². The van der Waals surface area contributed by atoms with E-state index in [1.165, 1.54) is 12.1 Å². The van der Waals surface area contributed by atoms with E-state index < -0.39 is 5.97 Å². The van der Waals surface area contributed by atoms with Gasteiger partial charge < -0.3 is 10.4 Å². The van der Waals surface area contributed by atoms with Gasteiger partial charge in [0.15, 0.2) is 0 Å². The van der Waals surface area contributed by atoms with Crippen LogP contribution in [0.2, 0.25) is 0 Å². The fraction of sp³-hybridized carbons (Fsp3) is 0. The Bertz CT molecular complexity index is 844. The van der Waals surface area contributed by atoms with E-state index in [9.17, 15) is 9.59 Å². The molecule has 0 saturated heterocycles. The second-order valence-electron chi connectivity index (χ2n) is 4.65. The van der Waals surface area contributed by atoms with E-state index in [2.05, 4.69) is 25.9 Å². The number of carboxylic acids is 1. The highest BCUT2D eigenvalue weighted by Gasteiger charge is 2.09.